The van der Waals surface area contributed by atoms with E-state index >= 15 is 0 Å². The molecule has 0 saturated heterocycles. The largest absolute Gasteiger partial charge is 0.493 e. The van der Waals surface area contributed by atoms with Crippen LogP contribution in [0.3, 0.4) is 0 Å². The van der Waals surface area contributed by atoms with Gasteiger partial charge in [0.1, 0.15) is 24.1 Å². The number of carbonyl (C=O) groups is 1. The lowest BCUT2D eigenvalue weighted by atomic mass is 10.1. The predicted octanol–water partition coefficient (Wildman–Crippen LogP) is 5.61. The van der Waals surface area contributed by atoms with Crippen LogP contribution in [-0.4, -0.2) is 13.0 Å². The number of halogens is 2. The topological polar surface area (TPSA) is 71.3 Å². The van der Waals surface area contributed by atoms with Gasteiger partial charge in [-0.15, -0.1) is 0 Å². The molecule has 3 rings (SSSR count). The minimum Gasteiger partial charge on any atom is -0.493 e. The van der Waals surface area contributed by atoms with E-state index in [0.29, 0.717) is 22.7 Å². The number of benzene rings is 3. The Balaban J connectivity index is 1.81. The summed E-state index contributed by atoms with van der Waals surface area (Å²) < 4.78 is 24.2. The predicted molar refractivity (Wildman–Crippen MR) is 117 cm³/mol. The lowest BCUT2D eigenvalue weighted by molar-refractivity contribution is -0.112. The standard InChI is InChI=1S/C24H18ClFN2O3/c1-30-22-13-17(11-18(14-27)24(29)28-20-5-3-2-4-6-20)12-21(25)23(22)31-15-16-7-9-19(26)10-8-16/h2-13H,15H2,1H3,(H,28,29)/b18-11-. The molecule has 0 radical (unpaired) electrons. The third-order valence-corrected chi connectivity index (χ3v) is 4.54. The van der Waals surface area contributed by atoms with Crippen molar-refractivity contribution in [3.8, 4) is 17.6 Å². The molecule has 7 heteroatoms. The average molecular weight is 437 g/mol. The molecule has 3 aromatic carbocycles. The van der Waals surface area contributed by atoms with Crippen LogP contribution in [-0.2, 0) is 11.4 Å². The maximum atomic E-state index is 13.1. The SMILES string of the molecule is COc1cc(/C=C(/C#N)C(=O)Nc2ccccc2)cc(Cl)c1OCc1ccc(F)cc1. The molecule has 0 fully saturated rings. The number of nitrogens with zero attached hydrogens (tertiary/aromatic N) is 1. The molecule has 0 heterocycles. The molecule has 0 spiro atoms. The molecule has 0 unspecified atom stereocenters. The molecule has 31 heavy (non-hydrogen) atoms. The minimum atomic E-state index is -0.541. The Morgan fingerprint density at radius 3 is 2.52 bits per heavy atom. The molecule has 0 aliphatic heterocycles. The fourth-order valence-corrected chi connectivity index (χ4v) is 3.01. The van der Waals surface area contributed by atoms with Crippen LogP contribution in [0.5, 0.6) is 11.5 Å². The van der Waals surface area contributed by atoms with Crippen LogP contribution in [0.2, 0.25) is 5.02 Å². The molecule has 5 nitrogen and oxygen atoms in total. The number of hydrogen-bond acceptors (Lipinski definition) is 4. The van der Waals surface area contributed by atoms with Crippen LogP contribution in [0.4, 0.5) is 10.1 Å². The van der Waals surface area contributed by atoms with Crippen LogP contribution in [0.1, 0.15) is 11.1 Å². The van der Waals surface area contributed by atoms with Crippen molar-refractivity contribution in [3.63, 3.8) is 0 Å². The third kappa shape index (κ3) is 5.84. The second-order valence-corrected chi connectivity index (χ2v) is 6.85. The van der Waals surface area contributed by atoms with Crippen molar-refractivity contribution >= 4 is 29.3 Å². The van der Waals surface area contributed by atoms with Crippen molar-refractivity contribution < 1.29 is 18.7 Å². The number of nitrogens with one attached hydrogen (secondary N) is 1. The summed E-state index contributed by atoms with van der Waals surface area (Å²) >= 11 is 6.36. The quantitative estimate of drug-likeness (QED) is 0.386. The summed E-state index contributed by atoms with van der Waals surface area (Å²) in [7, 11) is 1.46. The third-order valence-electron chi connectivity index (χ3n) is 4.26. The first-order valence-corrected chi connectivity index (χ1v) is 9.61. The Labute approximate surface area is 184 Å². The van der Waals surface area contributed by atoms with Gasteiger partial charge >= 0.3 is 0 Å². The van der Waals surface area contributed by atoms with Crippen molar-refractivity contribution in [1.29, 1.82) is 5.26 Å². The van der Waals surface area contributed by atoms with Gasteiger partial charge in [0.05, 0.1) is 12.1 Å². The van der Waals surface area contributed by atoms with Gasteiger partial charge in [-0.25, -0.2) is 4.39 Å². The normalized spacial score (nSPS) is 10.8. The monoisotopic (exact) mass is 436 g/mol. The van der Waals surface area contributed by atoms with Crippen molar-refractivity contribution in [2.75, 3.05) is 12.4 Å². The first kappa shape index (κ1) is 21.9. The van der Waals surface area contributed by atoms with E-state index in [1.54, 1.807) is 48.5 Å². The Bertz CT molecular complexity index is 1140. The molecule has 0 bridgehead atoms. The first-order chi connectivity index (χ1) is 15.0. The zero-order chi connectivity index (χ0) is 22.2. The minimum absolute atomic E-state index is 0.0954. The molecular formula is C24H18ClFN2O3. The fourth-order valence-electron chi connectivity index (χ4n) is 2.73. The maximum absolute atomic E-state index is 13.1. The number of carbonyl (C=O) groups excluding carboxylic acids is 1. The smallest absolute Gasteiger partial charge is 0.266 e. The van der Waals surface area contributed by atoms with Gasteiger partial charge in [-0.1, -0.05) is 41.9 Å². The maximum Gasteiger partial charge on any atom is 0.266 e. The second-order valence-electron chi connectivity index (χ2n) is 6.44. The number of anilines is 1. The lowest BCUT2D eigenvalue weighted by Gasteiger charge is -2.13. The van der Waals surface area contributed by atoms with Crippen LogP contribution in [0, 0.1) is 17.1 Å². The summed E-state index contributed by atoms with van der Waals surface area (Å²) in [5.41, 5.74) is 1.74. The van der Waals surface area contributed by atoms with Gasteiger partial charge < -0.3 is 14.8 Å². The van der Waals surface area contributed by atoms with Gasteiger partial charge in [0.15, 0.2) is 11.5 Å². The van der Waals surface area contributed by atoms with Crippen LogP contribution in [0.25, 0.3) is 6.08 Å². The van der Waals surface area contributed by atoms with E-state index in [1.807, 2.05) is 12.1 Å². The van der Waals surface area contributed by atoms with Gasteiger partial charge in [-0.05, 0) is 53.6 Å². The molecule has 156 valence electrons. The highest BCUT2D eigenvalue weighted by atomic mass is 35.5. The van der Waals surface area contributed by atoms with Gasteiger partial charge in [-0.3, -0.25) is 4.79 Å². The van der Waals surface area contributed by atoms with E-state index in [2.05, 4.69) is 5.32 Å². The molecule has 3 aromatic rings. The highest BCUT2D eigenvalue weighted by Gasteiger charge is 2.14. The van der Waals surface area contributed by atoms with E-state index < -0.39 is 5.91 Å². The molecule has 1 amide bonds. The Kier molecular flexibility index (Phi) is 7.26. The Morgan fingerprint density at radius 1 is 1.16 bits per heavy atom. The zero-order valence-electron chi connectivity index (χ0n) is 16.6. The highest BCUT2D eigenvalue weighted by Crippen LogP contribution is 2.37. The van der Waals surface area contributed by atoms with Crippen molar-refractivity contribution in [2.24, 2.45) is 0 Å². The molecule has 0 saturated carbocycles. The van der Waals surface area contributed by atoms with E-state index in [1.165, 1.54) is 25.3 Å². The van der Waals surface area contributed by atoms with Crippen LogP contribution < -0.4 is 14.8 Å². The summed E-state index contributed by atoms with van der Waals surface area (Å²) in [5, 5.41) is 12.3. The number of methoxy groups -OCH3 is 1. The number of ether oxygens (including phenoxy) is 2. The number of para-hydroxylation sites is 1. The van der Waals surface area contributed by atoms with Crippen molar-refractivity contribution in [1.82, 2.24) is 0 Å². The zero-order valence-corrected chi connectivity index (χ0v) is 17.3. The summed E-state index contributed by atoms with van der Waals surface area (Å²) in [6.07, 6.45) is 1.41. The summed E-state index contributed by atoms with van der Waals surface area (Å²) in [6.45, 7) is 0.161. The Hall–Kier alpha value is -3.82. The second kappa shape index (κ2) is 10.3. The number of nitriles is 1. The molecule has 0 aromatic heterocycles. The number of hydrogen-bond donors (Lipinski definition) is 1. The van der Waals surface area contributed by atoms with Gasteiger partial charge in [0, 0.05) is 5.69 Å². The van der Waals surface area contributed by atoms with Crippen molar-refractivity contribution in [2.45, 2.75) is 6.61 Å². The van der Waals surface area contributed by atoms with E-state index in [0.717, 1.165) is 5.56 Å². The molecule has 0 aliphatic rings. The van der Waals surface area contributed by atoms with Gasteiger partial charge in [0.2, 0.25) is 0 Å². The highest BCUT2D eigenvalue weighted by molar-refractivity contribution is 6.32. The molecular weight excluding hydrogens is 419 g/mol. The molecule has 0 aliphatic carbocycles. The lowest BCUT2D eigenvalue weighted by Crippen LogP contribution is -2.13. The molecule has 0 atom stereocenters. The van der Waals surface area contributed by atoms with E-state index in [-0.39, 0.29) is 23.0 Å². The number of rotatable bonds is 7. The summed E-state index contributed by atoms with van der Waals surface area (Å²) in [5.74, 6) is -0.236. The van der Waals surface area contributed by atoms with E-state index in [9.17, 15) is 14.4 Å². The summed E-state index contributed by atoms with van der Waals surface area (Å²) in [4.78, 5) is 12.4. The van der Waals surface area contributed by atoms with E-state index in [4.69, 9.17) is 21.1 Å². The fraction of sp³-hybridized carbons (Fsp3) is 0.0833. The first-order valence-electron chi connectivity index (χ1n) is 9.23. The summed E-state index contributed by atoms with van der Waals surface area (Å²) in [6, 6.07) is 19.8. The van der Waals surface area contributed by atoms with Gasteiger partial charge in [-0.2, -0.15) is 5.26 Å². The number of amides is 1. The Morgan fingerprint density at radius 2 is 1.87 bits per heavy atom. The van der Waals surface area contributed by atoms with Crippen LogP contribution >= 0.6 is 11.6 Å². The average Bonchev–Trinajstić information content (AvgIpc) is 2.78. The van der Waals surface area contributed by atoms with Gasteiger partial charge in [0.25, 0.3) is 5.91 Å². The van der Waals surface area contributed by atoms with Crippen molar-refractivity contribution in [3.05, 3.63) is 94.3 Å². The molecule has 1 N–H and O–H groups in total. The van der Waals surface area contributed by atoms with Crippen LogP contribution in [0.15, 0.2) is 72.3 Å².